The van der Waals surface area contributed by atoms with Crippen LogP contribution in [0.5, 0.6) is 0 Å². The maximum Gasteiger partial charge on any atom is 0.241 e. The van der Waals surface area contributed by atoms with Gasteiger partial charge in [-0.1, -0.05) is 12.1 Å². The van der Waals surface area contributed by atoms with E-state index in [1.165, 1.54) is 0 Å². The van der Waals surface area contributed by atoms with Crippen LogP contribution in [0.15, 0.2) is 18.2 Å². The Morgan fingerprint density at radius 2 is 1.70 bits per heavy atom. The minimum absolute atomic E-state index is 0.0327. The first-order valence-electron chi connectivity index (χ1n) is 10.1. The molecule has 2 heterocycles. The largest absolute Gasteiger partial charge is 0.342 e. The van der Waals surface area contributed by atoms with Crippen LogP contribution in [-0.4, -0.2) is 78.4 Å². The van der Waals surface area contributed by atoms with Crippen LogP contribution < -0.4 is 5.32 Å². The van der Waals surface area contributed by atoms with Gasteiger partial charge in [-0.2, -0.15) is 0 Å². The van der Waals surface area contributed by atoms with Gasteiger partial charge in [0.05, 0.1) is 12.6 Å². The Morgan fingerprint density at radius 1 is 1.04 bits per heavy atom. The molecule has 6 heteroatoms. The van der Waals surface area contributed by atoms with Gasteiger partial charge in [0.1, 0.15) is 0 Å². The van der Waals surface area contributed by atoms with Crippen molar-refractivity contribution in [2.75, 3.05) is 51.1 Å². The lowest BCUT2D eigenvalue weighted by atomic mass is 10.1. The van der Waals surface area contributed by atoms with E-state index in [9.17, 15) is 9.59 Å². The predicted molar refractivity (Wildman–Crippen MR) is 108 cm³/mol. The number of carbonyl (C=O) groups excluding carboxylic acids is 2. The summed E-state index contributed by atoms with van der Waals surface area (Å²) in [5.74, 6) is 0.284. The molecule has 2 amide bonds. The summed E-state index contributed by atoms with van der Waals surface area (Å²) in [6.07, 6.45) is 2.26. The average Bonchev–Trinajstić information content (AvgIpc) is 3.19. The molecule has 1 atom stereocenters. The van der Waals surface area contributed by atoms with Crippen molar-refractivity contribution in [1.82, 2.24) is 14.7 Å². The van der Waals surface area contributed by atoms with Crippen LogP contribution in [0, 0.1) is 13.8 Å². The minimum Gasteiger partial charge on any atom is -0.342 e. The third kappa shape index (κ3) is 5.08. The summed E-state index contributed by atoms with van der Waals surface area (Å²) in [5.41, 5.74) is 3.10. The van der Waals surface area contributed by atoms with Crippen molar-refractivity contribution in [1.29, 1.82) is 0 Å². The molecule has 1 aromatic rings. The number of aryl methyl sites for hydroxylation is 2. The normalized spacial score (nSPS) is 19.9. The average molecular weight is 373 g/mol. The van der Waals surface area contributed by atoms with E-state index in [4.69, 9.17) is 0 Å². The summed E-state index contributed by atoms with van der Waals surface area (Å²) in [4.78, 5) is 31.4. The van der Waals surface area contributed by atoms with Crippen LogP contribution in [0.3, 0.4) is 0 Å². The second-order valence-corrected chi connectivity index (χ2v) is 7.88. The number of nitrogens with one attached hydrogen (secondary N) is 1. The molecule has 27 heavy (non-hydrogen) atoms. The molecular weight excluding hydrogens is 340 g/mol. The predicted octanol–water partition coefficient (Wildman–Crippen LogP) is 1.87. The highest BCUT2D eigenvalue weighted by Crippen LogP contribution is 2.18. The molecule has 2 aliphatic rings. The Balaban J connectivity index is 1.47. The van der Waals surface area contributed by atoms with Gasteiger partial charge in [-0.05, 0) is 50.8 Å². The Morgan fingerprint density at radius 3 is 2.37 bits per heavy atom. The van der Waals surface area contributed by atoms with E-state index in [0.717, 1.165) is 68.9 Å². The highest BCUT2D eigenvalue weighted by atomic mass is 16.2. The molecule has 1 N–H and O–H groups in total. The molecule has 0 aliphatic carbocycles. The Hall–Kier alpha value is -1.92. The number of likely N-dealkylation sites (tertiary alicyclic amines) is 1. The lowest BCUT2D eigenvalue weighted by Crippen LogP contribution is -2.54. The summed E-state index contributed by atoms with van der Waals surface area (Å²) in [6.45, 7) is 11.6. The zero-order chi connectivity index (χ0) is 19.4. The first kappa shape index (κ1) is 19.8. The van der Waals surface area contributed by atoms with Gasteiger partial charge in [0.15, 0.2) is 0 Å². The smallest absolute Gasteiger partial charge is 0.241 e. The third-order valence-electron chi connectivity index (χ3n) is 5.80. The molecule has 0 unspecified atom stereocenters. The fourth-order valence-electron chi connectivity index (χ4n) is 3.84. The van der Waals surface area contributed by atoms with Crippen molar-refractivity contribution in [3.8, 4) is 0 Å². The molecule has 148 valence electrons. The quantitative estimate of drug-likeness (QED) is 0.857. The Bertz CT molecular complexity index is 677. The Labute approximate surface area is 162 Å². The molecule has 2 fully saturated rings. The summed E-state index contributed by atoms with van der Waals surface area (Å²) < 4.78 is 0. The van der Waals surface area contributed by atoms with Gasteiger partial charge in [-0.3, -0.25) is 19.4 Å². The number of carbonyl (C=O) groups is 2. The zero-order valence-electron chi connectivity index (χ0n) is 16.8. The lowest BCUT2D eigenvalue weighted by molar-refractivity contribution is -0.132. The van der Waals surface area contributed by atoms with E-state index < -0.39 is 0 Å². The number of hydrogen-bond donors (Lipinski definition) is 1. The molecule has 6 nitrogen and oxygen atoms in total. The van der Waals surface area contributed by atoms with Gasteiger partial charge in [0.25, 0.3) is 0 Å². The summed E-state index contributed by atoms with van der Waals surface area (Å²) >= 11 is 0. The highest BCUT2D eigenvalue weighted by Gasteiger charge is 2.28. The fraction of sp³-hybridized carbons (Fsp3) is 0.619. The number of hydrogen-bond acceptors (Lipinski definition) is 4. The van der Waals surface area contributed by atoms with E-state index in [-0.39, 0.29) is 17.9 Å². The molecule has 2 aliphatic heterocycles. The Kier molecular flexibility index (Phi) is 6.50. The van der Waals surface area contributed by atoms with E-state index in [2.05, 4.69) is 21.2 Å². The van der Waals surface area contributed by atoms with Crippen molar-refractivity contribution in [3.05, 3.63) is 29.3 Å². The minimum atomic E-state index is -0.179. The first-order chi connectivity index (χ1) is 12.9. The van der Waals surface area contributed by atoms with Crippen molar-refractivity contribution < 1.29 is 9.59 Å². The zero-order valence-corrected chi connectivity index (χ0v) is 16.8. The van der Waals surface area contributed by atoms with Crippen LogP contribution in [0.2, 0.25) is 0 Å². The molecule has 1 aromatic carbocycles. The van der Waals surface area contributed by atoms with Crippen LogP contribution in [0.25, 0.3) is 0 Å². The standard InChI is InChI=1S/C21H32N4O2/c1-16-6-7-17(2)19(14-16)22-21(27)18(3)24-12-10-23(11-13-24)15-20(26)25-8-4-5-9-25/h6-7,14,18H,4-5,8-13,15H2,1-3H3,(H,22,27)/t18-/m0/s1. The molecule has 0 radical (unpaired) electrons. The summed E-state index contributed by atoms with van der Waals surface area (Å²) in [5, 5.41) is 3.07. The number of nitrogens with zero attached hydrogens (tertiary/aromatic N) is 3. The molecule has 0 spiro atoms. The van der Waals surface area contributed by atoms with Gasteiger partial charge in [-0.15, -0.1) is 0 Å². The van der Waals surface area contributed by atoms with Crippen LogP contribution in [0.1, 0.15) is 30.9 Å². The van der Waals surface area contributed by atoms with Crippen molar-refractivity contribution in [3.63, 3.8) is 0 Å². The van der Waals surface area contributed by atoms with E-state index >= 15 is 0 Å². The second kappa shape index (κ2) is 8.85. The van der Waals surface area contributed by atoms with E-state index in [1.54, 1.807) is 0 Å². The molecule has 3 rings (SSSR count). The molecular formula is C21H32N4O2. The molecule has 0 saturated carbocycles. The summed E-state index contributed by atoms with van der Waals surface area (Å²) in [7, 11) is 0. The number of amides is 2. The van der Waals surface area contributed by atoms with Crippen molar-refractivity contribution in [2.24, 2.45) is 0 Å². The number of anilines is 1. The van der Waals surface area contributed by atoms with Crippen molar-refractivity contribution >= 4 is 17.5 Å². The SMILES string of the molecule is Cc1ccc(C)c(NC(=O)[C@H](C)N2CCN(CC(=O)N3CCCC3)CC2)c1. The van der Waals surface area contributed by atoms with Gasteiger partial charge >= 0.3 is 0 Å². The first-order valence-corrected chi connectivity index (χ1v) is 10.1. The second-order valence-electron chi connectivity index (χ2n) is 7.88. The molecule has 0 bridgehead atoms. The van der Waals surface area contributed by atoms with E-state index in [1.807, 2.05) is 37.8 Å². The van der Waals surface area contributed by atoms with Gasteiger partial charge < -0.3 is 10.2 Å². The van der Waals surface area contributed by atoms with Crippen molar-refractivity contribution in [2.45, 2.75) is 39.7 Å². The fourth-order valence-corrected chi connectivity index (χ4v) is 3.84. The number of rotatable bonds is 5. The van der Waals surface area contributed by atoms with Crippen LogP contribution in [-0.2, 0) is 9.59 Å². The lowest BCUT2D eigenvalue weighted by Gasteiger charge is -2.37. The molecule has 2 saturated heterocycles. The highest BCUT2D eigenvalue weighted by molar-refractivity contribution is 5.95. The van der Waals surface area contributed by atoms with Gasteiger partial charge in [-0.25, -0.2) is 0 Å². The number of benzene rings is 1. The van der Waals surface area contributed by atoms with E-state index in [0.29, 0.717) is 6.54 Å². The van der Waals surface area contributed by atoms with Crippen LogP contribution >= 0.6 is 0 Å². The maximum absolute atomic E-state index is 12.7. The van der Waals surface area contributed by atoms with Gasteiger partial charge in [0, 0.05) is 45.0 Å². The number of piperazine rings is 1. The van der Waals surface area contributed by atoms with Gasteiger partial charge in [0.2, 0.25) is 11.8 Å². The molecule has 0 aromatic heterocycles. The maximum atomic E-state index is 12.7. The topological polar surface area (TPSA) is 55.9 Å². The monoisotopic (exact) mass is 372 g/mol. The third-order valence-corrected chi connectivity index (χ3v) is 5.80. The van der Waals surface area contributed by atoms with Crippen LogP contribution in [0.4, 0.5) is 5.69 Å². The summed E-state index contributed by atoms with van der Waals surface area (Å²) in [6, 6.07) is 5.92.